The molecule has 0 saturated carbocycles. The average molecular weight is 293 g/mol. The zero-order valence-electron chi connectivity index (χ0n) is 12.8. The van der Waals surface area contributed by atoms with Crippen molar-refractivity contribution in [3.05, 3.63) is 77.4 Å². The molecule has 0 spiro atoms. The van der Waals surface area contributed by atoms with Crippen LogP contribution in [0, 0.1) is 0 Å². The van der Waals surface area contributed by atoms with Gasteiger partial charge in [-0.05, 0) is 37.1 Å². The molecule has 2 aromatic rings. The van der Waals surface area contributed by atoms with Crippen LogP contribution in [-0.4, -0.2) is 17.0 Å². The Labute approximate surface area is 130 Å². The summed E-state index contributed by atoms with van der Waals surface area (Å²) in [5.74, 6) is 0.815. The number of benzene rings is 2. The van der Waals surface area contributed by atoms with Gasteiger partial charge in [0.2, 0.25) is 0 Å². The van der Waals surface area contributed by atoms with Gasteiger partial charge in [-0.25, -0.2) is 0 Å². The molecule has 0 saturated heterocycles. The van der Waals surface area contributed by atoms with E-state index in [9.17, 15) is 4.79 Å². The molecule has 22 heavy (non-hydrogen) atoms. The van der Waals surface area contributed by atoms with Gasteiger partial charge in [-0.3, -0.25) is 9.69 Å². The molecule has 1 amide bonds. The lowest BCUT2D eigenvalue weighted by Gasteiger charge is -2.27. The maximum absolute atomic E-state index is 12.5. The zero-order chi connectivity index (χ0) is 15.5. The molecule has 3 nitrogen and oxygen atoms in total. The summed E-state index contributed by atoms with van der Waals surface area (Å²) in [5.41, 5.74) is 2.85. The fourth-order valence-electron chi connectivity index (χ4n) is 2.62. The Morgan fingerprint density at radius 2 is 1.55 bits per heavy atom. The first-order valence-electron chi connectivity index (χ1n) is 7.41. The summed E-state index contributed by atoms with van der Waals surface area (Å²) in [6.07, 6.45) is -0.338. The van der Waals surface area contributed by atoms with Crippen molar-refractivity contribution in [3.63, 3.8) is 0 Å². The minimum absolute atomic E-state index is 0.0438. The quantitative estimate of drug-likeness (QED) is 0.858. The van der Waals surface area contributed by atoms with E-state index in [0.29, 0.717) is 6.54 Å². The van der Waals surface area contributed by atoms with Gasteiger partial charge >= 0.3 is 0 Å². The van der Waals surface area contributed by atoms with Gasteiger partial charge in [0.1, 0.15) is 5.75 Å². The fourth-order valence-corrected chi connectivity index (χ4v) is 2.62. The van der Waals surface area contributed by atoms with Gasteiger partial charge in [0.05, 0.1) is 0 Å². The molecule has 0 bridgehead atoms. The predicted octanol–water partition coefficient (Wildman–Crippen LogP) is 3.77. The van der Waals surface area contributed by atoms with Gasteiger partial charge < -0.3 is 4.74 Å². The van der Waals surface area contributed by atoms with Crippen LogP contribution in [0.3, 0.4) is 0 Å². The molecule has 1 aliphatic rings. The number of carbonyl (C=O) groups is 1. The van der Waals surface area contributed by atoms with E-state index >= 15 is 0 Å². The minimum Gasteiger partial charge on any atom is -0.467 e. The van der Waals surface area contributed by atoms with Crippen molar-refractivity contribution < 1.29 is 9.53 Å². The molecule has 3 heteroatoms. The molecule has 0 N–H and O–H groups in total. The van der Waals surface area contributed by atoms with Crippen molar-refractivity contribution in [1.82, 2.24) is 4.90 Å². The Kier molecular flexibility index (Phi) is 3.96. The van der Waals surface area contributed by atoms with Gasteiger partial charge in [-0.15, -0.1) is 0 Å². The third-order valence-electron chi connectivity index (χ3n) is 4.01. The SMILES string of the molecule is CC1=C(C)C(Oc2ccccc2)N(Cc2ccccc2)C1=O. The second-order valence-corrected chi connectivity index (χ2v) is 5.51. The number of para-hydroxylation sites is 1. The van der Waals surface area contributed by atoms with Crippen LogP contribution in [0.15, 0.2) is 71.8 Å². The lowest BCUT2D eigenvalue weighted by atomic mass is 10.2. The average Bonchev–Trinajstić information content (AvgIpc) is 2.75. The van der Waals surface area contributed by atoms with E-state index in [1.807, 2.05) is 74.5 Å². The van der Waals surface area contributed by atoms with Gasteiger partial charge in [0.15, 0.2) is 6.23 Å². The Hall–Kier alpha value is -2.55. The van der Waals surface area contributed by atoms with Gasteiger partial charge in [0, 0.05) is 12.1 Å². The molecule has 2 aromatic carbocycles. The topological polar surface area (TPSA) is 29.5 Å². The van der Waals surface area contributed by atoms with E-state index in [2.05, 4.69) is 0 Å². The highest BCUT2D eigenvalue weighted by Gasteiger charge is 2.36. The monoisotopic (exact) mass is 293 g/mol. The molecule has 1 atom stereocenters. The zero-order valence-corrected chi connectivity index (χ0v) is 12.8. The number of amides is 1. The van der Waals surface area contributed by atoms with Crippen molar-refractivity contribution in [2.24, 2.45) is 0 Å². The lowest BCUT2D eigenvalue weighted by molar-refractivity contribution is -0.131. The first kappa shape index (κ1) is 14.4. The normalized spacial score (nSPS) is 18.0. The summed E-state index contributed by atoms with van der Waals surface area (Å²) >= 11 is 0. The van der Waals surface area contributed by atoms with Crippen LogP contribution < -0.4 is 4.74 Å². The highest BCUT2D eigenvalue weighted by Crippen LogP contribution is 2.29. The third-order valence-corrected chi connectivity index (χ3v) is 4.01. The van der Waals surface area contributed by atoms with E-state index in [1.165, 1.54) is 0 Å². The number of carbonyl (C=O) groups excluding carboxylic acids is 1. The van der Waals surface area contributed by atoms with Crippen LogP contribution in [0.4, 0.5) is 0 Å². The molecular weight excluding hydrogens is 274 g/mol. The molecule has 112 valence electrons. The Morgan fingerprint density at radius 3 is 2.18 bits per heavy atom. The van der Waals surface area contributed by atoms with Gasteiger partial charge in [0.25, 0.3) is 5.91 Å². The Bertz CT molecular complexity index is 692. The first-order chi connectivity index (χ1) is 10.7. The van der Waals surface area contributed by atoms with E-state index in [-0.39, 0.29) is 12.1 Å². The molecule has 1 heterocycles. The van der Waals surface area contributed by atoms with Crippen molar-refractivity contribution in [2.75, 3.05) is 0 Å². The number of hydrogen-bond acceptors (Lipinski definition) is 2. The summed E-state index contributed by atoms with van der Waals surface area (Å²) in [5, 5.41) is 0. The maximum atomic E-state index is 12.5. The molecule has 3 rings (SSSR count). The third kappa shape index (κ3) is 2.75. The largest absolute Gasteiger partial charge is 0.467 e. The van der Waals surface area contributed by atoms with Crippen LogP contribution in [-0.2, 0) is 11.3 Å². The number of nitrogens with zero attached hydrogens (tertiary/aromatic N) is 1. The van der Waals surface area contributed by atoms with Crippen LogP contribution in [0.1, 0.15) is 19.4 Å². The van der Waals surface area contributed by atoms with E-state index in [1.54, 1.807) is 4.90 Å². The highest BCUT2D eigenvalue weighted by atomic mass is 16.5. The van der Waals surface area contributed by atoms with E-state index < -0.39 is 0 Å². The second kappa shape index (κ2) is 6.06. The molecule has 1 aliphatic heterocycles. The maximum Gasteiger partial charge on any atom is 0.253 e. The Balaban J connectivity index is 1.85. The van der Waals surface area contributed by atoms with Crippen molar-refractivity contribution in [2.45, 2.75) is 26.6 Å². The molecule has 0 radical (unpaired) electrons. The number of rotatable bonds is 4. The summed E-state index contributed by atoms with van der Waals surface area (Å²) in [7, 11) is 0. The molecule has 1 unspecified atom stereocenters. The van der Waals surface area contributed by atoms with Crippen molar-refractivity contribution in [1.29, 1.82) is 0 Å². The number of hydrogen-bond donors (Lipinski definition) is 0. The molecule has 0 aromatic heterocycles. The molecule has 0 aliphatic carbocycles. The van der Waals surface area contributed by atoms with Gasteiger partial charge in [-0.2, -0.15) is 0 Å². The van der Waals surface area contributed by atoms with E-state index in [0.717, 1.165) is 22.5 Å². The van der Waals surface area contributed by atoms with Gasteiger partial charge in [-0.1, -0.05) is 48.5 Å². The highest BCUT2D eigenvalue weighted by molar-refractivity contribution is 5.96. The summed E-state index contributed by atoms with van der Waals surface area (Å²) in [6, 6.07) is 19.6. The fraction of sp³-hybridized carbons (Fsp3) is 0.211. The predicted molar refractivity (Wildman–Crippen MR) is 86.2 cm³/mol. The first-order valence-corrected chi connectivity index (χ1v) is 7.41. The minimum atomic E-state index is -0.338. The van der Waals surface area contributed by atoms with Crippen molar-refractivity contribution in [3.8, 4) is 5.75 Å². The summed E-state index contributed by atoms with van der Waals surface area (Å²) in [4.78, 5) is 14.3. The molecule has 0 fully saturated rings. The Morgan fingerprint density at radius 1 is 0.955 bits per heavy atom. The van der Waals surface area contributed by atoms with Crippen LogP contribution in [0.2, 0.25) is 0 Å². The van der Waals surface area contributed by atoms with Crippen LogP contribution >= 0.6 is 0 Å². The summed E-state index contributed by atoms with van der Waals surface area (Å²) in [6.45, 7) is 4.38. The standard InChI is InChI=1S/C19H19NO2/c1-14-15(2)19(22-17-11-7-4-8-12-17)20(18(14)21)13-16-9-5-3-6-10-16/h3-12,19H,13H2,1-2H3. The van der Waals surface area contributed by atoms with Crippen LogP contribution in [0.25, 0.3) is 0 Å². The smallest absolute Gasteiger partial charge is 0.253 e. The number of ether oxygens (including phenoxy) is 1. The van der Waals surface area contributed by atoms with Crippen LogP contribution in [0.5, 0.6) is 5.75 Å². The second-order valence-electron chi connectivity index (χ2n) is 5.51. The molecular formula is C19H19NO2. The van der Waals surface area contributed by atoms with Crippen molar-refractivity contribution >= 4 is 5.91 Å². The summed E-state index contributed by atoms with van der Waals surface area (Å²) < 4.78 is 6.06. The van der Waals surface area contributed by atoms with E-state index in [4.69, 9.17) is 4.74 Å². The lowest BCUT2D eigenvalue weighted by Crippen LogP contribution is -2.38.